The molecule has 0 unspecified atom stereocenters. The number of carboxylic acid groups (broad SMARTS) is 1. The number of ether oxygens (including phenoxy) is 1. The van der Waals surface area contributed by atoms with Crippen molar-refractivity contribution in [1.82, 2.24) is 10.1 Å². The zero-order valence-electron chi connectivity index (χ0n) is 23.7. The van der Waals surface area contributed by atoms with Gasteiger partial charge in [-0.25, -0.2) is 14.2 Å². The van der Waals surface area contributed by atoms with Gasteiger partial charge in [0.25, 0.3) is 0 Å². The van der Waals surface area contributed by atoms with Crippen molar-refractivity contribution in [2.75, 3.05) is 0 Å². The molecule has 4 rings (SSSR count). The van der Waals surface area contributed by atoms with Crippen LogP contribution in [0, 0.1) is 11.7 Å². The molecule has 0 aliphatic rings. The number of rotatable bonds is 13. The summed E-state index contributed by atoms with van der Waals surface area (Å²) in [6, 6.07) is 7.39. The molecular weight excluding hydrogens is 606 g/mol. The highest BCUT2D eigenvalue weighted by Gasteiger charge is 2.32. The van der Waals surface area contributed by atoms with E-state index in [-0.39, 0.29) is 35.5 Å². The fourth-order valence-electron chi connectivity index (χ4n) is 4.95. The molecule has 0 aliphatic heterocycles. The standard InChI is InChI=1S/C30H33Cl2FN2O6S/c1-5-8-17(11-15(6-2)26(36)28-34-25-21(33)12-16(29(37)38)13-22(25)42-28)40-14-18-24(35-41-27(18)30(3,4)39)23-19(31)9-7-10-20(23)32/h7,9-10,12-13,15,17,26,36,39H,5-6,8,11,14H2,1-4H3,(H,37,38)/t15-,17+,26-/m0/s1. The molecule has 0 fully saturated rings. The summed E-state index contributed by atoms with van der Waals surface area (Å²) in [5, 5.41) is 36.6. The van der Waals surface area contributed by atoms with Gasteiger partial charge in [0.1, 0.15) is 27.9 Å². The second-order valence-corrected chi connectivity index (χ2v) is 12.6. The molecule has 2 heterocycles. The summed E-state index contributed by atoms with van der Waals surface area (Å²) in [6.07, 6.45) is 1.25. The Balaban J connectivity index is 1.59. The van der Waals surface area contributed by atoms with Gasteiger partial charge in [-0.2, -0.15) is 0 Å². The number of hydrogen-bond acceptors (Lipinski definition) is 8. The molecule has 0 aliphatic carbocycles. The SMILES string of the molecule is CCC[C@H](C[C@H](CC)[C@H](O)c1nc2c(F)cc(C(=O)O)cc2s1)OCc1c(-c2c(Cl)cccc2Cl)noc1C(C)(C)O. The minimum atomic E-state index is -1.36. The number of halogens is 3. The molecule has 0 bridgehead atoms. The first-order valence-electron chi connectivity index (χ1n) is 13.6. The summed E-state index contributed by atoms with van der Waals surface area (Å²) in [4.78, 5) is 15.7. The number of carboxylic acids is 1. The van der Waals surface area contributed by atoms with Crippen LogP contribution in [0.15, 0.2) is 34.9 Å². The van der Waals surface area contributed by atoms with Gasteiger partial charge in [0.2, 0.25) is 0 Å². The third-order valence-electron chi connectivity index (χ3n) is 7.12. The van der Waals surface area contributed by atoms with E-state index in [0.717, 1.165) is 23.8 Å². The summed E-state index contributed by atoms with van der Waals surface area (Å²) >= 11 is 14.0. The van der Waals surface area contributed by atoms with Gasteiger partial charge in [-0.3, -0.25) is 0 Å². The van der Waals surface area contributed by atoms with Gasteiger partial charge in [-0.05, 0) is 56.9 Å². The zero-order chi connectivity index (χ0) is 30.8. The van der Waals surface area contributed by atoms with E-state index in [0.29, 0.717) is 55.8 Å². The van der Waals surface area contributed by atoms with Gasteiger partial charge >= 0.3 is 5.97 Å². The number of aliphatic hydroxyl groups is 2. The van der Waals surface area contributed by atoms with Gasteiger partial charge in [-0.1, -0.05) is 61.1 Å². The van der Waals surface area contributed by atoms with E-state index in [1.54, 1.807) is 32.0 Å². The fourth-order valence-corrected chi connectivity index (χ4v) is 6.63. The highest BCUT2D eigenvalue weighted by atomic mass is 35.5. The molecule has 0 amide bonds. The quantitative estimate of drug-likeness (QED) is 0.134. The normalized spacial score (nSPS) is 14.3. The first-order chi connectivity index (χ1) is 19.8. The van der Waals surface area contributed by atoms with Crippen LogP contribution >= 0.6 is 34.5 Å². The van der Waals surface area contributed by atoms with Crippen molar-refractivity contribution in [2.45, 2.75) is 77.8 Å². The summed E-state index contributed by atoms with van der Waals surface area (Å²) in [5.41, 5.74) is -0.132. The summed E-state index contributed by atoms with van der Waals surface area (Å²) in [7, 11) is 0. The Bertz CT molecular complexity index is 1550. The van der Waals surface area contributed by atoms with Gasteiger partial charge in [0.05, 0.1) is 38.6 Å². The highest BCUT2D eigenvalue weighted by Crippen LogP contribution is 2.40. The maximum absolute atomic E-state index is 14.6. The van der Waals surface area contributed by atoms with Crippen LogP contribution in [0.3, 0.4) is 0 Å². The minimum absolute atomic E-state index is 0.0348. The molecular formula is C30H33Cl2FN2O6S. The number of aliphatic hydroxyl groups excluding tert-OH is 1. The number of aromatic nitrogens is 2. The average molecular weight is 640 g/mol. The van der Waals surface area contributed by atoms with Gasteiger partial charge < -0.3 is 24.6 Å². The average Bonchev–Trinajstić information content (AvgIpc) is 3.55. The molecule has 4 aromatic rings. The third kappa shape index (κ3) is 6.96. The lowest BCUT2D eigenvalue weighted by Crippen LogP contribution is -2.23. The number of fused-ring (bicyclic) bond motifs is 1. The molecule has 12 heteroatoms. The van der Waals surface area contributed by atoms with Crippen LogP contribution in [-0.2, 0) is 16.9 Å². The van der Waals surface area contributed by atoms with Gasteiger partial charge in [0, 0.05) is 5.56 Å². The van der Waals surface area contributed by atoms with Crippen LogP contribution in [0.25, 0.3) is 21.5 Å². The second kappa shape index (κ2) is 13.4. The van der Waals surface area contributed by atoms with Crippen molar-refractivity contribution in [1.29, 1.82) is 0 Å². The predicted molar refractivity (Wildman–Crippen MR) is 161 cm³/mol. The maximum Gasteiger partial charge on any atom is 0.335 e. The predicted octanol–water partition coefficient (Wildman–Crippen LogP) is 8.16. The number of carbonyl (C=O) groups is 1. The van der Waals surface area contributed by atoms with Gasteiger partial charge in [-0.15, -0.1) is 11.3 Å². The highest BCUT2D eigenvalue weighted by molar-refractivity contribution is 7.18. The Morgan fingerprint density at radius 3 is 2.50 bits per heavy atom. The number of aromatic carboxylic acids is 1. The molecule has 42 heavy (non-hydrogen) atoms. The minimum Gasteiger partial charge on any atom is -0.478 e. The Kier molecular flexibility index (Phi) is 10.3. The molecule has 3 atom stereocenters. The van der Waals surface area contributed by atoms with Crippen LogP contribution in [0.4, 0.5) is 4.39 Å². The Morgan fingerprint density at radius 1 is 1.21 bits per heavy atom. The number of hydrogen-bond donors (Lipinski definition) is 3. The number of nitrogens with zero attached hydrogens (tertiary/aromatic N) is 2. The molecule has 2 aromatic carbocycles. The topological polar surface area (TPSA) is 126 Å². The summed E-state index contributed by atoms with van der Waals surface area (Å²) in [5.74, 6) is -2.03. The van der Waals surface area contributed by atoms with Crippen LogP contribution in [-0.4, -0.2) is 37.5 Å². The summed E-state index contributed by atoms with van der Waals surface area (Å²) in [6.45, 7) is 7.18. The van der Waals surface area contributed by atoms with Crippen LogP contribution in [0.5, 0.6) is 0 Å². The van der Waals surface area contributed by atoms with E-state index in [4.69, 9.17) is 32.5 Å². The first kappa shape index (κ1) is 32.3. The van der Waals surface area contributed by atoms with Crippen LogP contribution < -0.4 is 0 Å². The van der Waals surface area contributed by atoms with Crippen LogP contribution in [0.1, 0.15) is 86.2 Å². The van der Waals surface area contributed by atoms with Crippen molar-refractivity contribution < 1.29 is 33.8 Å². The molecule has 0 radical (unpaired) electrons. The van der Waals surface area contributed by atoms with E-state index in [2.05, 4.69) is 10.1 Å². The van der Waals surface area contributed by atoms with Crippen molar-refractivity contribution in [3.05, 3.63) is 68.1 Å². The zero-order valence-corrected chi connectivity index (χ0v) is 26.0. The molecule has 3 N–H and O–H groups in total. The first-order valence-corrected chi connectivity index (χ1v) is 15.2. The Labute approximate surface area is 257 Å². The molecule has 226 valence electrons. The Morgan fingerprint density at radius 2 is 1.90 bits per heavy atom. The van der Waals surface area contributed by atoms with E-state index in [1.807, 2.05) is 13.8 Å². The number of thiazole rings is 1. The smallest absolute Gasteiger partial charge is 0.335 e. The van der Waals surface area contributed by atoms with E-state index in [1.165, 1.54) is 6.07 Å². The molecule has 0 saturated heterocycles. The third-order valence-corrected chi connectivity index (χ3v) is 8.82. The van der Waals surface area contributed by atoms with Gasteiger partial charge in [0.15, 0.2) is 11.6 Å². The van der Waals surface area contributed by atoms with Crippen molar-refractivity contribution in [3.63, 3.8) is 0 Å². The van der Waals surface area contributed by atoms with E-state index < -0.39 is 23.5 Å². The lowest BCUT2D eigenvalue weighted by atomic mass is 9.91. The lowest BCUT2D eigenvalue weighted by molar-refractivity contribution is -0.00804. The molecule has 8 nitrogen and oxygen atoms in total. The fraction of sp³-hybridized carbons (Fsp3) is 0.433. The second-order valence-electron chi connectivity index (χ2n) is 10.7. The van der Waals surface area contributed by atoms with Crippen molar-refractivity contribution in [3.8, 4) is 11.3 Å². The molecule has 2 aromatic heterocycles. The summed E-state index contributed by atoms with van der Waals surface area (Å²) < 4.78 is 26.9. The number of benzene rings is 2. The molecule has 0 saturated carbocycles. The molecule has 0 spiro atoms. The lowest BCUT2D eigenvalue weighted by Gasteiger charge is -2.26. The maximum atomic E-state index is 14.6. The monoisotopic (exact) mass is 638 g/mol. The van der Waals surface area contributed by atoms with Crippen molar-refractivity contribution >= 4 is 50.7 Å². The largest absolute Gasteiger partial charge is 0.478 e. The van der Waals surface area contributed by atoms with Crippen LogP contribution in [0.2, 0.25) is 10.0 Å². The Hall–Kier alpha value is -2.60. The van der Waals surface area contributed by atoms with Crippen molar-refractivity contribution in [2.24, 2.45) is 5.92 Å². The van der Waals surface area contributed by atoms with E-state index in [9.17, 15) is 24.5 Å². The van der Waals surface area contributed by atoms with E-state index >= 15 is 0 Å².